The summed E-state index contributed by atoms with van der Waals surface area (Å²) in [6.45, 7) is 0. The Morgan fingerprint density at radius 3 is 2.57 bits per heavy atom. The van der Waals surface area contributed by atoms with Gasteiger partial charge in [0.15, 0.2) is 0 Å². The first-order chi connectivity index (χ1) is 9.86. The number of nitrogen functional groups attached to an aromatic ring is 1. The summed E-state index contributed by atoms with van der Waals surface area (Å²) in [4.78, 5) is 7.25. The molecule has 108 valence electrons. The van der Waals surface area contributed by atoms with E-state index in [4.69, 9.17) is 5.73 Å². The van der Waals surface area contributed by atoms with Crippen molar-refractivity contribution in [2.45, 2.75) is 6.18 Å². The summed E-state index contributed by atoms with van der Waals surface area (Å²) >= 11 is 2.91. The van der Waals surface area contributed by atoms with Crippen molar-refractivity contribution < 1.29 is 13.2 Å². The highest BCUT2D eigenvalue weighted by Crippen LogP contribution is 2.37. The molecule has 0 bridgehead atoms. The van der Waals surface area contributed by atoms with Crippen molar-refractivity contribution in [1.82, 2.24) is 9.97 Å². The normalized spacial score (nSPS) is 12.0. The first-order valence-corrected chi connectivity index (χ1v) is 6.77. The van der Waals surface area contributed by atoms with Crippen molar-refractivity contribution >= 4 is 32.7 Å². The van der Waals surface area contributed by atoms with Gasteiger partial charge in [0.05, 0.1) is 16.8 Å². The Hall–Kier alpha value is -2.02. The maximum atomic E-state index is 12.9. The van der Waals surface area contributed by atoms with Gasteiger partial charge in [-0.3, -0.25) is 0 Å². The van der Waals surface area contributed by atoms with Crippen LogP contribution in [0.2, 0.25) is 0 Å². The highest BCUT2D eigenvalue weighted by Gasteiger charge is 2.33. The number of aromatic amines is 1. The smallest absolute Gasteiger partial charge is 0.397 e. The third-order valence-electron chi connectivity index (χ3n) is 3.09. The lowest BCUT2D eigenvalue weighted by molar-refractivity contribution is -0.138. The molecule has 3 N–H and O–H groups in total. The second-order valence-corrected chi connectivity index (χ2v) is 5.38. The molecular formula is C14H9BrF3N3. The molecule has 2 aromatic carbocycles. The Balaban J connectivity index is 2.17. The molecule has 3 rings (SSSR count). The minimum atomic E-state index is -4.43. The maximum absolute atomic E-state index is 12.9. The zero-order valence-corrected chi connectivity index (χ0v) is 12.1. The number of rotatable bonds is 1. The summed E-state index contributed by atoms with van der Waals surface area (Å²) < 4.78 is 38.8. The minimum Gasteiger partial charge on any atom is -0.397 e. The van der Waals surface area contributed by atoms with Crippen LogP contribution in [0.3, 0.4) is 0 Å². The lowest BCUT2D eigenvalue weighted by atomic mass is 10.1. The lowest BCUT2D eigenvalue weighted by Crippen LogP contribution is -2.06. The molecule has 1 aromatic heterocycles. The number of halogens is 4. The summed E-state index contributed by atoms with van der Waals surface area (Å²) in [6, 6.07) is 9.18. The van der Waals surface area contributed by atoms with Crippen LogP contribution in [0.25, 0.3) is 22.4 Å². The van der Waals surface area contributed by atoms with Gasteiger partial charge < -0.3 is 10.7 Å². The number of nitrogens with two attached hydrogens (primary N) is 1. The molecule has 0 saturated carbocycles. The Morgan fingerprint density at radius 2 is 1.90 bits per heavy atom. The zero-order chi connectivity index (χ0) is 15.2. The standard InChI is InChI=1S/C14H9BrF3N3/c15-9-5-4-7(6-8(9)14(16,17)18)13-20-11-3-1-2-10(19)12(11)21-13/h1-6H,19H2,(H,20,21). The largest absolute Gasteiger partial charge is 0.417 e. The minimum absolute atomic E-state index is 0.00521. The van der Waals surface area contributed by atoms with E-state index in [2.05, 4.69) is 25.9 Å². The zero-order valence-electron chi connectivity index (χ0n) is 10.5. The molecule has 3 aromatic rings. The van der Waals surface area contributed by atoms with Crippen molar-refractivity contribution in [3.05, 3.63) is 46.4 Å². The van der Waals surface area contributed by atoms with Gasteiger partial charge in [-0.1, -0.05) is 28.1 Å². The third kappa shape index (κ3) is 2.49. The van der Waals surface area contributed by atoms with E-state index in [1.54, 1.807) is 24.3 Å². The number of anilines is 1. The van der Waals surface area contributed by atoms with Crippen LogP contribution in [0.5, 0.6) is 0 Å². The molecule has 0 aliphatic carbocycles. The molecule has 0 aliphatic rings. The highest BCUT2D eigenvalue weighted by atomic mass is 79.9. The second-order valence-electron chi connectivity index (χ2n) is 4.52. The number of alkyl halides is 3. The van der Waals surface area contributed by atoms with Crippen LogP contribution in [0.4, 0.5) is 18.9 Å². The first-order valence-electron chi connectivity index (χ1n) is 5.97. The number of hydrogen-bond acceptors (Lipinski definition) is 2. The Morgan fingerprint density at radius 1 is 1.14 bits per heavy atom. The number of benzene rings is 2. The van der Waals surface area contributed by atoms with Gasteiger partial charge in [0.2, 0.25) is 0 Å². The monoisotopic (exact) mass is 355 g/mol. The van der Waals surface area contributed by atoms with Gasteiger partial charge in [0, 0.05) is 10.0 Å². The second kappa shape index (κ2) is 4.77. The number of para-hydroxylation sites is 1. The predicted molar refractivity (Wildman–Crippen MR) is 78.6 cm³/mol. The van der Waals surface area contributed by atoms with E-state index in [-0.39, 0.29) is 4.47 Å². The molecule has 0 unspecified atom stereocenters. The number of fused-ring (bicyclic) bond motifs is 1. The van der Waals surface area contributed by atoms with Crippen molar-refractivity contribution in [2.75, 3.05) is 5.73 Å². The van der Waals surface area contributed by atoms with E-state index in [1.165, 1.54) is 6.07 Å². The van der Waals surface area contributed by atoms with Crippen molar-refractivity contribution in [3.8, 4) is 11.4 Å². The molecule has 0 fully saturated rings. The highest BCUT2D eigenvalue weighted by molar-refractivity contribution is 9.10. The van der Waals surface area contributed by atoms with Crippen LogP contribution in [-0.2, 0) is 6.18 Å². The van der Waals surface area contributed by atoms with Crippen LogP contribution in [0, 0.1) is 0 Å². The molecule has 0 aliphatic heterocycles. The van der Waals surface area contributed by atoms with Gasteiger partial charge in [-0.2, -0.15) is 13.2 Å². The number of nitrogens with zero attached hydrogens (tertiary/aromatic N) is 1. The molecule has 0 spiro atoms. The molecule has 0 amide bonds. The average molecular weight is 356 g/mol. The average Bonchev–Trinajstić information content (AvgIpc) is 2.83. The van der Waals surface area contributed by atoms with E-state index in [0.717, 1.165) is 6.07 Å². The molecular weight excluding hydrogens is 347 g/mol. The van der Waals surface area contributed by atoms with Gasteiger partial charge in [0.1, 0.15) is 11.3 Å². The van der Waals surface area contributed by atoms with Crippen molar-refractivity contribution in [1.29, 1.82) is 0 Å². The van der Waals surface area contributed by atoms with Gasteiger partial charge in [0.25, 0.3) is 0 Å². The maximum Gasteiger partial charge on any atom is 0.417 e. The van der Waals surface area contributed by atoms with Crippen LogP contribution in [0.15, 0.2) is 40.9 Å². The number of nitrogens with one attached hydrogen (secondary N) is 1. The van der Waals surface area contributed by atoms with Gasteiger partial charge in [-0.25, -0.2) is 4.98 Å². The number of H-pyrrole nitrogens is 1. The third-order valence-corrected chi connectivity index (χ3v) is 3.78. The Kier molecular flexibility index (Phi) is 3.16. The molecule has 0 saturated heterocycles. The molecule has 0 atom stereocenters. The van der Waals surface area contributed by atoms with E-state index in [1.807, 2.05) is 0 Å². The predicted octanol–water partition coefficient (Wildman–Crippen LogP) is 4.59. The number of imidazole rings is 1. The van der Waals surface area contributed by atoms with Crippen LogP contribution >= 0.6 is 15.9 Å². The Labute approximate surface area is 126 Å². The fourth-order valence-electron chi connectivity index (χ4n) is 2.08. The van der Waals surface area contributed by atoms with Gasteiger partial charge >= 0.3 is 6.18 Å². The first kappa shape index (κ1) is 13.9. The molecule has 21 heavy (non-hydrogen) atoms. The summed E-state index contributed by atoms with van der Waals surface area (Å²) in [7, 11) is 0. The van der Waals surface area contributed by atoms with Crippen LogP contribution in [0.1, 0.15) is 5.56 Å². The van der Waals surface area contributed by atoms with Crippen molar-refractivity contribution in [2.24, 2.45) is 0 Å². The van der Waals surface area contributed by atoms with Crippen LogP contribution in [-0.4, -0.2) is 9.97 Å². The summed E-state index contributed by atoms with van der Waals surface area (Å²) in [6.07, 6.45) is -4.43. The van der Waals surface area contributed by atoms with Gasteiger partial charge in [-0.05, 0) is 24.3 Å². The van der Waals surface area contributed by atoms with E-state index in [0.29, 0.717) is 28.1 Å². The Bertz CT molecular complexity index is 824. The van der Waals surface area contributed by atoms with Gasteiger partial charge in [-0.15, -0.1) is 0 Å². The topological polar surface area (TPSA) is 54.7 Å². The fraction of sp³-hybridized carbons (Fsp3) is 0.0714. The van der Waals surface area contributed by atoms with E-state index in [9.17, 15) is 13.2 Å². The number of aromatic nitrogens is 2. The van der Waals surface area contributed by atoms with Crippen molar-refractivity contribution in [3.63, 3.8) is 0 Å². The quantitative estimate of drug-likeness (QED) is 0.627. The summed E-state index contributed by atoms with van der Waals surface area (Å²) in [5.74, 6) is 0.348. The summed E-state index contributed by atoms with van der Waals surface area (Å²) in [5, 5.41) is 0. The summed E-state index contributed by atoms with van der Waals surface area (Å²) in [5.41, 5.74) is 7.11. The van der Waals surface area contributed by atoms with E-state index < -0.39 is 11.7 Å². The SMILES string of the molecule is Nc1cccc2[nH]c(-c3ccc(Br)c(C(F)(F)F)c3)nc12. The molecule has 0 radical (unpaired) electrons. The molecule has 1 heterocycles. The fourth-order valence-corrected chi connectivity index (χ4v) is 2.55. The molecule has 7 heteroatoms. The van der Waals surface area contributed by atoms with Crippen LogP contribution < -0.4 is 5.73 Å². The molecule has 3 nitrogen and oxygen atoms in total. The lowest BCUT2D eigenvalue weighted by Gasteiger charge is -2.10. The van der Waals surface area contributed by atoms with E-state index >= 15 is 0 Å². The number of hydrogen-bond donors (Lipinski definition) is 2.